The number of ether oxygens (including phenoxy) is 1. The Balaban J connectivity index is 1.57. The Morgan fingerprint density at radius 1 is 1.08 bits per heavy atom. The van der Waals surface area contributed by atoms with E-state index in [1.807, 2.05) is 29.2 Å². The molecule has 136 valence electrons. The van der Waals surface area contributed by atoms with E-state index in [-0.39, 0.29) is 18.0 Å². The second-order valence-corrected chi connectivity index (χ2v) is 6.14. The van der Waals surface area contributed by atoms with Gasteiger partial charge in [-0.25, -0.2) is 0 Å². The Morgan fingerprint density at radius 2 is 1.73 bits per heavy atom. The molecule has 0 saturated carbocycles. The summed E-state index contributed by atoms with van der Waals surface area (Å²) in [6, 6.07) is 14.0. The number of anilines is 1. The number of carbonyl (C=O) groups excluding carboxylic acids is 1. The van der Waals surface area contributed by atoms with E-state index in [4.69, 9.17) is 4.74 Å². The highest BCUT2D eigenvalue weighted by Gasteiger charge is 2.23. The van der Waals surface area contributed by atoms with Crippen LogP contribution in [0.25, 0.3) is 0 Å². The number of amides is 1. The second kappa shape index (κ2) is 7.86. The molecule has 0 bridgehead atoms. The third-order valence-electron chi connectivity index (χ3n) is 4.56. The minimum Gasteiger partial charge on any atom is -0.495 e. The summed E-state index contributed by atoms with van der Waals surface area (Å²) in [6.07, 6.45) is 0.257. The van der Waals surface area contributed by atoms with Crippen LogP contribution >= 0.6 is 0 Å². The highest BCUT2D eigenvalue weighted by atomic mass is 16.6. The van der Waals surface area contributed by atoms with Gasteiger partial charge in [-0.2, -0.15) is 0 Å². The molecule has 1 aliphatic rings. The van der Waals surface area contributed by atoms with Crippen LogP contribution in [-0.4, -0.2) is 49.0 Å². The van der Waals surface area contributed by atoms with E-state index < -0.39 is 4.92 Å². The summed E-state index contributed by atoms with van der Waals surface area (Å²) in [6.45, 7) is 2.77. The number of benzene rings is 2. The third kappa shape index (κ3) is 3.93. The van der Waals surface area contributed by atoms with Crippen LogP contribution in [0, 0.1) is 10.1 Å². The summed E-state index contributed by atoms with van der Waals surface area (Å²) < 4.78 is 5.41. The number of methoxy groups -OCH3 is 1. The van der Waals surface area contributed by atoms with Crippen LogP contribution in [0.4, 0.5) is 11.4 Å². The molecule has 2 aromatic carbocycles. The van der Waals surface area contributed by atoms with Crippen molar-refractivity contribution in [3.8, 4) is 5.75 Å². The molecule has 26 heavy (non-hydrogen) atoms. The summed E-state index contributed by atoms with van der Waals surface area (Å²) in [4.78, 5) is 26.8. The van der Waals surface area contributed by atoms with Gasteiger partial charge in [-0.15, -0.1) is 0 Å². The Bertz CT molecular complexity index is 784. The molecule has 0 unspecified atom stereocenters. The number of nitro benzene ring substituents is 1. The number of nitro groups is 1. The van der Waals surface area contributed by atoms with Gasteiger partial charge in [0.1, 0.15) is 5.75 Å². The molecule has 0 aliphatic carbocycles. The van der Waals surface area contributed by atoms with Crippen molar-refractivity contribution in [2.24, 2.45) is 0 Å². The maximum Gasteiger partial charge on any atom is 0.269 e. The lowest BCUT2D eigenvalue weighted by Gasteiger charge is -2.36. The molecule has 1 aliphatic heterocycles. The first-order chi connectivity index (χ1) is 12.6. The first-order valence-corrected chi connectivity index (χ1v) is 8.47. The van der Waals surface area contributed by atoms with Gasteiger partial charge in [-0.1, -0.05) is 24.3 Å². The number of non-ortho nitro benzene ring substituents is 1. The van der Waals surface area contributed by atoms with Crippen molar-refractivity contribution >= 4 is 17.3 Å². The fraction of sp³-hybridized carbons (Fsp3) is 0.316. The molecule has 0 N–H and O–H groups in total. The van der Waals surface area contributed by atoms with E-state index in [1.165, 1.54) is 12.1 Å². The van der Waals surface area contributed by atoms with Gasteiger partial charge in [0.2, 0.25) is 5.91 Å². The largest absolute Gasteiger partial charge is 0.495 e. The van der Waals surface area contributed by atoms with Crippen molar-refractivity contribution < 1.29 is 14.5 Å². The average molecular weight is 355 g/mol. The standard InChI is InChI=1S/C19H21N3O4/c1-26-18-5-3-2-4-17(18)20-10-12-21(13-11-20)19(23)14-15-6-8-16(9-7-15)22(24)25/h2-9H,10-14H2,1H3. The van der Waals surface area contributed by atoms with Crippen molar-refractivity contribution in [1.29, 1.82) is 0 Å². The van der Waals surface area contributed by atoms with Crippen LogP contribution in [0.15, 0.2) is 48.5 Å². The van der Waals surface area contributed by atoms with E-state index >= 15 is 0 Å². The van der Waals surface area contributed by atoms with Gasteiger partial charge in [0.15, 0.2) is 0 Å². The number of piperazine rings is 1. The summed E-state index contributed by atoms with van der Waals surface area (Å²) in [5.74, 6) is 0.872. The van der Waals surface area contributed by atoms with Gasteiger partial charge < -0.3 is 14.5 Å². The van der Waals surface area contributed by atoms with Crippen LogP contribution < -0.4 is 9.64 Å². The highest BCUT2D eigenvalue weighted by molar-refractivity contribution is 5.79. The summed E-state index contributed by atoms with van der Waals surface area (Å²) in [5, 5.41) is 10.7. The number of nitrogens with zero attached hydrogens (tertiary/aromatic N) is 3. The Kier molecular flexibility index (Phi) is 5.36. The number of hydrogen-bond acceptors (Lipinski definition) is 5. The second-order valence-electron chi connectivity index (χ2n) is 6.14. The van der Waals surface area contributed by atoms with Gasteiger partial charge in [0.25, 0.3) is 5.69 Å². The Labute approximate surface area is 151 Å². The molecular formula is C19H21N3O4. The fourth-order valence-corrected chi connectivity index (χ4v) is 3.11. The van der Waals surface area contributed by atoms with Crippen LogP contribution in [-0.2, 0) is 11.2 Å². The highest BCUT2D eigenvalue weighted by Crippen LogP contribution is 2.28. The van der Waals surface area contributed by atoms with Gasteiger partial charge >= 0.3 is 0 Å². The molecule has 0 spiro atoms. The summed E-state index contributed by atoms with van der Waals surface area (Å²) in [5.41, 5.74) is 1.86. The van der Waals surface area contributed by atoms with Crippen LogP contribution in [0.5, 0.6) is 5.75 Å². The van der Waals surface area contributed by atoms with Gasteiger partial charge in [0.05, 0.1) is 24.1 Å². The number of para-hydroxylation sites is 2. The fourth-order valence-electron chi connectivity index (χ4n) is 3.11. The molecule has 0 atom stereocenters. The van der Waals surface area contributed by atoms with E-state index in [1.54, 1.807) is 19.2 Å². The maximum atomic E-state index is 12.5. The van der Waals surface area contributed by atoms with Crippen molar-refractivity contribution in [3.63, 3.8) is 0 Å². The molecule has 7 nitrogen and oxygen atoms in total. The topological polar surface area (TPSA) is 75.9 Å². The van der Waals surface area contributed by atoms with Gasteiger partial charge in [-0.3, -0.25) is 14.9 Å². The van der Waals surface area contributed by atoms with Gasteiger partial charge in [-0.05, 0) is 17.7 Å². The lowest BCUT2D eigenvalue weighted by molar-refractivity contribution is -0.384. The molecular weight excluding hydrogens is 334 g/mol. The van der Waals surface area contributed by atoms with E-state index in [0.29, 0.717) is 13.1 Å². The van der Waals surface area contributed by atoms with E-state index in [2.05, 4.69) is 4.90 Å². The lowest BCUT2D eigenvalue weighted by atomic mass is 10.1. The lowest BCUT2D eigenvalue weighted by Crippen LogP contribution is -2.49. The van der Waals surface area contributed by atoms with E-state index in [0.717, 1.165) is 30.1 Å². The molecule has 0 aromatic heterocycles. The summed E-state index contributed by atoms with van der Waals surface area (Å²) in [7, 11) is 1.66. The zero-order chi connectivity index (χ0) is 18.5. The predicted molar refractivity (Wildman–Crippen MR) is 98.6 cm³/mol. The third-order valence-corrected chi connectivity index (χ3v) is 4.56. The van der Waals surface area contributed by atoms with Crippen molar-refractivity contribution in [2.75, 3.05) is 38.2 Å². The van der Waals surface area contributed by atoms with Crippen molar-refractivity contribution in [2.45, 2.75) is 6.42 Å². The number of hydrogen-bond donors (Lipinski definition) is 0. The molecule has 7 heteroatoms. The Hall–Kier alpha value is -3.09. The maximum absolute atomic E-state index is 12.5. The van der Waals surface area contributed by atoms with E-state index in [9.17, 15) is 14.9 Å². The normalized spacial score (nSPS) is 14.2. The first kappa shape index (κ1) is 17.7. The van der Waals surface area contributed by atoms with Crippen molar-refractivity contribution in [3.05, 3.63) is 64.2 Å². The number of carbonyl (C=O) groups is 1. The molecule has 1 fully saturated rings. The van der Waals surface area contributed by atoms with Crippen LogP contribution in [0.1, 0.15) is 5.56 Å². The van der Waals surface area contributed by atoms with Crippen LogP contribution in [0.3, 0.4) is 0 Å². The minimum atomic E-state index is -0.442. The smallest absolute Gasteiger partial charge is 0.269 e. The average Bonchev–Trinajstić information content (AvgIpc) is 2.68. The van der Waals surface area contributed by atoms with Crippen molar-refractivity contribution in [1.82, 2.24) is 4.90 Å². The monoisotopic (exact) mass is 355 g/mol. The van der Waals surface area contributed by atoms with Crippen LogP contribution in [0.2, 0.25) is 0 Å². The predicted octanol–water partition coefficient (Wildman–Crippen LogP) is 2.49. The molecule has 0 radical (unpaired) electrons. The SMILES string of the molecule is COc1ccccc1N1CCN(C(=O)Cc2ccc([N+](=O)[O-])cc2)CC1. The molecule has 3 rings (SSSR count). The molecule has 1 amide bonds. The quantitative estimate of drug-likeness (QED) is 0.608. The molecule has 1 saturated heterocycles. The Morgan fingerprint density at radius 3 is 2.35 bits per heavy atom. The molecule has 1 heterocycles. The first-order valence-electron chi connectivity index (χ1n) is 8.47. The number of rotatable bonds is 5. The zero-order valence-electron chi connectivity index (χ0n) is 14.6. The zero-order valence-corrected chi connectivity index (χ0v) is 14.6. The molecule has 2 aromatic rings. The minimum absolute atomic E-state index is 0.0339. The summed E-state index contributed by atoms with van der Waals surface area (Å²) >= 11 is 0. The van der Waals surface area contributed by atoms with Gasteiger partial charge in [0, 0.05) is 38.3 Å².